The molecule has 25 heavy (non-hydrogen) atoms. The fourth-order valence-corrected chi connectivity index (χ4v) is 4.08. The van der Waals surface area contributed by atoms with Gasteiger partial charge < -0.3 is 9.16 Å². The van der Waals surface area contributed by atoms with E-state index in [1.165, 1.54) is 25.1 Å². The fourth-order valence-electron chi connectivity index (χ4n) is 1.75. The van der Waals surface area contributed by atoms with Crippen molar-refractivity contribution >= 4 is 24.1 Å². The second-order valence-electron chi connectivity index (χ2n) is 7.34. The standard InChI is InChI=1S/C18H28O5SSi/c1-15(19)23-17(24(20,21)16-11-8-7-9-12-16)13-10-14-22-25(5,6)18(2,3)4/h7-13,17H,14H2,1-6H3/b13-10+/t17-/m0/s1. The lowest BCUT2D eigenvalue weighted by molar-refractivity contribution is -0.141. The summed E-state index contributed by atoms with van der Waals surface area (Å²) in [7, 11) is -5.74. The molecule has 0 unspecified atom stereocenters. The molecule has 0 spiro atoms. The Hall–Kier alpha value is -1.44. The monoisotopic (exact) mass is 384 g/mol. The first-order valence-corrected chi connectivity index (χ1v) is 12.6. The zero-order valence-corrected chi connectivity index (χ0v) is 17.6. The molecule has 0 aliphatic rings. The third-order valence-electron chi connectivity index (χ3n) is 4.30. The lowest BCUT2D eigenvalue weighted by Crippen LogP contribution is -2.40. The molecule has 1 aromatic rings. The topological polar surface area (TPSA) is 69.7 Å². The molecule has 1 rings (SSSR count). The summed E-state index contributed by atoms with van der Waals surface area (Å²) in [6, 6.07) is 7.93. The maximum Gasteiger partial charge on any atom is 0.304 e. The maximum atomic E-state index is 12.7. The van der Waals surface area contributed by atoms with Crippen LogP contribution in [0.1, 0.15) is 27.7 Å². The Bertz CT molecular complexity index is 703. The lowest BCUT2D eigenvalue weighted by Gasteiger charge is -2.35. The van der Waals surface area contributed by atoms with E-state index >= 15 is 0 Å². The highest BCUT2D eigenvalue weighted by Gasteiger charge is 2.36. The number of carbonyl (C=O) groups is 1. The molecular weight excluding hydrogens is 356 g/mol. The Balaban J connectivity index is 2.93. The van der Waals surface area contributed by atoms with E-state index in [1.807, 2.05) is 0 Å². The molecule has 0 bridgehead atoms. The average Bonchev–Trinajstić information content (AvgIpc) is 2.49. The van der Waals surface area contributed by atoms with Gasteiger partial charge in [-0.2, -0.15) is 0 Å². The summed E-state index contributed by atoms with van der Waals surface area (Å²) < 4.78 is 36.3. The summed E-state index contributed by atoms with van der Waals surface area (Å²) in [5.74, 6) is -0.653. The van der Waals surface area contributed by atoms with E-state index in [4.69, 9.17) is 9.16 Å². The summed E-state index contributed by atoms with van der Waals surface area (Å²) in [5, 5.41) is 0.0617. The summed E-state index contributed by atoms with van der Waals surface area (Å²) >= 11 is 0. The molecule has 0 aliphatic heterocycles. The molecule has 0 aromatic heterocycles. The van der Waals surface area contributed by atoms with Crippen molar-refractivity contribution in [3.05, 3.63) is 42.5 Å². The van der Waals surface area contributed by atoms with E-state index < -0.39 is 29.6 Å². The van der Waals surface area contributed by atoms with E-state index in [0.717, 1.165) is 0 Å². The fraction of sp³-hybridized carbons (Fsp3) is 0.500. The van der Waals surface area contributed by atoms with Gasteiger partial charge in [-0.1, -0.05) is 45.0 Å². The van der Waals surface area contributed by atoms with E-state index in [9.17, 15) is 13.2 Å². The van der Waals surface area contributed by atoms with Gasteiger partial charge in [0.2, 0.25) is 15.3 Å². The molecule has 0 radical (unpaired) electrons. The molecule has 1 aromatic carbocycles. The van der Waals surface area contributed by atoms with Crippen molar-refractivity contribution in [3.63, 3.8) is 0 Å². The Morgan fingerprint density at radius 3 is 2.24 bits per heavy atom. The van der Waals surface area contributed by atoms with Gasteiger partial charge in [0.05, 0.1) is 11.5 Å². The second kappa shape index (κ2) is 8.29. The lowest BCUT2D eigenvalue weighted by atomic mass is 10.2. The van der Waals surface area contributed by atoms with Crippen LogP contribution in [0.4, 0.5) is 0 Å². The highest BCUT2D eigenvalue weighted by Crippen LogP contribution is 2.36. The molecule has 0 heterocycles. The van der Waals surface area contributed by atoms with Gasteiger partial charge in [-0.05, 0) is 36.3 Å². The van der Waals surface area contributed by atoms with Crippen molar-refractivity contribution in [2.75, 3.05) is 6.61 Å². The minimum atomic E-state index is -3.81. The van der Waals surface area contributed by atoms with Gasteiger partial charge in [-0.15, -0.1) is 0 Å². The van der Waals surface area contributed by atoms with Crippen molar-refractivity contribution in [2.45, 2.75) is 56.2 Å². The number of esters is 1. The number of sulfone groups is 1. The van der Waals surface area contributed by atoms with Crippen molar-refractivity contribution < 1.29 is 22.4 Å². The summed E-state index contributed by atoms with van der Waals surface area (Å²) in [6.45, 7) is 12.1. The number of rotatable bonds is 7. The van der Waals surface area contributed by atoms with Crippen LogP contribution in [0.5, 0.6) is 0 Å². The second-order valence-corrected chi connectivity index (χ2v) is 14.2. The smallest absolute Gasteiger partial charge is 0.304 e. The highest BCUT2D eigenvalue weighted by atomic mass is 32.2. The van der Waals surface area contributed by atoms with Crippen LogP contribution in [0.25, 0.3) is 0 Å². The van der Waals surface area contributed by atoms with Crippen LogP contribution in [0.15, 0.2) is 47.4 Å². The van der Waals surface area contributed by atoms with E-state index in [-0.39, 0.29) is 16.5 Å². The Morgan fingerprint density at radius 2 is 1.76 bits per heavy atom. The van der Waals surface area contributed by atoms with Crippen LogP contribution in [0, 0.1) is 0 Å². The SMILES string of the molecule is CC(=O)O[C@H](/C=C/CO[Si](C)(C)C(C)(C)C)S(=O)(=O)c1ccccc1. The third kappa shape index (κ3) is 6.09. The number of hydrogen-bond acceptors (Lipinski definition) is 5. The van der Waals surface area contributed by atoms with E-state index in [1.54, 1.807) is 24.3 Å². The quantitative estimate of drug-likeness (QED) is 0.405. The summed E-state index contributed by atoms with van der Waals surface area (Å²) in [4.78, 5) is 11.4. The summed E-state index contributed by atoms with van der Waals surface area (Å²) in [5.41, 5.74) is -1.37. The van der Waals surface area contributed by atoms with Crippen molar-refractivity contribution in [1.82, 2.24) is 0 Å². The average molecular weight is 385 g/mol. The first-order chi connectivity index (χ1) is 11.4. The predicted molar refractivity (Wildman–Crippen MR) is 101 cm³/mol. The van der Waals surface area contributed by atoms with Gasteiger partial charge in [0.15, 0.2) is 8.32 Å². The molecule has 0 N–H and O–H groups in total. The molecular formula is C18H28O5SSi. The van der Waals surface area contributed by atoms with Gasteiger partial charge in [-0.25, -0.2) is 8.42 Å². The van der Waals surface area contributed by atoms with Crippen LogP contribution in [0.3, 0.4) is 0 Å². The van der Waals surface area contributed by atoms with Crippen LogP contribution in [-0.2, 0) is 23.8 Å². The van der Waals surface area contributed by atoms with Gasteiger partial charge in [0.1, 0.15) is 0 Å². The largest absolute Gasteiger partial charge is 0.441 e. The Labute approximate surface area is 152 Å². The van der Waals surface area contributed by atoms with Gasteiger partial charge in [0, 0.05) is 6.92 Å². The zero-order chi connectivity index (χ0) is 19.3. The molecule has 0 aliphatic carbocycles. The molecule has 5 nitrogen and oxygen atoms in total. The van der Waals surface area contributed by atoms with Gasteiger partial charge >= 0.3 is 5.97 Å². The zero-order valence-electron chi connectivity index (χ0n) is 15.8. The number of hydrogen-bond donors (Lipinski definition) is 0. The molecule has 0 saturated heterocycles. The number of ether oxygens (including phenoxy) is 1. The highest BCUT2D eigenvalue weighted by molar-refractivity contribution is 7.92. The molecule has 7 heteroatoms. The first kappa shape index (κ1) is 21.6. The first-order valence-electron chi connectivity index (χ1n) is 8.15. The number of carbonyl (C=O) groups excluding carboxylic acids is 1. The molecule has 1 atom stereocenters. The summed E-state index contributed by atoms with van der Waals surface area (Å²) in [6.07, 6.45) is 2.98. The van der Waals surface area contributed by atoms with Gasteiger partial charge in [-0.3, -0.25) is 4.79 Å². The maximum absolute atomic E-state index is 12.7. The molecule has 0 saturated carbocycles. The Kier molecular flexibility index (Phi) is 7.16. The van der Waals surface area contributed by atoms with Crippen molar-refractivity contribution in [1.29, 1.82) is 0 Å². The van der Waals surface area contributed by atoms with E-state index in [0.29, 0.717) is 0 Å². The van der Waals surface area contributed by atoms with Crippen molar-refractivity contribution in [2.24, 2.45) is 0 Å². The van der Waals surface area contributed by atoms with Gasteiger partial charge in [0.25, 0.3) is 0 Å². The molecule has 140 valence electrons. The molecule has 0 fully saturated rings. The van der Waals surface area contributed by atoms with Crippen LogP contribution in [0.2, 0.25) is 18.1 Å². The van der Waals surface area contributed by atoms with E-state index in [2.05, 4.69) is 33.9 Å². The van der Waals surface area contributed by atoms with Crippen LogP contribution < -0.4 is 0 Å². The number of benzene rings is 1. The van der Waals surface area contributed by atoms with Crippen molar-refractivity contribution in [3.8, 4) is 0 Å². The van der Waals surface area contributed by atoms with Crippen LogP contribution in [-0.4, -0.2) is 34.7 Å². The molecule has 0 amide bonds. The minimum absolute atomic E-state index is 0.0617. The normalized spacial score (nSPS) is 14.5. The third-order valence-corrected chi connectivity index (χ3v) is 10.6. The Morgan fingerprint density at radius 1 is 1.20 bits per heavy atom. The van der Waals surface area contributed by atoms with Crippen LogP contribution >= 0.6 is 0 Å². The minimum Gasteiger partial charge on any atom is -0.441 e. The predicted octanol–water partition coefficient (Wildman–Crippen LogP) is 3.93.